The molecule has 0 N–H and O–H groups in total. The molecule has 2 nitrogen and oxygen atoms in total. The topological polar surface area (TPSA) is 27.0 Å². The van der Waals surface area contributed by atoms with Crippen LogP contribution in [0.4, 0.5) is 17.1 Å². The second kappa shape index (κ2) is 10.9. The van der Waals surface area contributed by atoms with Crippen LogP contribution < -0.4 is 4.90 Å². The van der Waals surface area contributed by atoms with Gasteiger partial charge in [-0.1, -0.05) is 90.6 Å². The van der Waals surface area contributed by atoms with Crippen LogP contribution in [0.1, 0.15) is 48.8 Å². The van der Waals surface area contributed by atoms with Crippen LogP contribution in [-0.2, 0) is 5.41 Å². The molecule has 0 saturated heterocycles. The number of benzene rings is 6. The van der Waals surface area contributed by atoms with Gasteiger partial charge in [0.1, 0.15) is 0 Å². The fourth-order valence-electron chi connectivity index (χ4n) is 10.4. The van der Waals surface area contributed by atoms with E-state index in [-0.39, 0.29) is 5.41 Å². The Morgan fingerprint density at radius 3 is 2.04 bits per heavy atom. The average Bonchev–Trinajstić information content (AvgIpc) is 3.13. The fourth-order valence-corrected chi connectivity index (χ4v) is 11.5. The van der Waals surface area contributed by atoms with Crippen molar-refractivity contribution in [1.82, 2.24) is 0 Å². The lowest BCUT2D eigenvalue weighted by Gasteiger charge is -2.62. The molecule has 232 valence electrons. The molecule has 0 spiro atoms. The van der Waals surface area contributed by atoms with E-state index in [1.54, 1.807) is 0 Å². The first-order valence-corrected chi connectivity index (χ1v) is 18.3. The van der Waals surface area contributed by atoms with Crippen molar-refractivity contribution in [2.45, 2.75) is 47.3 Å². The van der Waals surface area contributed by atoms with Gasteiger partial charge in [0.2, 0.25) is 0 Å². The minimum absolute atomic E-state index is 0.0194. The van der Waals surface area contributed by atoms with E-state index in [9.17, 15) is 5.26 Å². The van der Waals surface area contributed by atoms with Crippen LogP contribution in [0.2, 0.25) is 0 Å². The zero-order valence-electron chi connectivity index (χ0n) is 26.8. The highest BCUT2D eigenvalue weighted by atomic mass is 32.2. The third-order valence-corrected chi connectivity index (χ3v) is 13.2. The van der Waals surface area contributed by atoms with Crippen molar-refractivity contribution in [3.63, 3.8) is 0 Å². The molecule has 1 heterocycles. The predicted molar refractivity (Wildman–Crippen MR) is 197 cm³/mol. The zero-order valence-corrected chi connectivity index (χ0v) is 27.7. The molecule has 0 amide bonds. The lowest BCUT2D eigenvalue weighted by atomic mass is 9.42. The van der Waals surface area contributed by atoms with Crippen molar-refractivity contribution in [2.75, 3.05) is 4.90 Å². The average molecular weight is 637 g/mol. The van der Waals surface area contributed by atoms with E-state index in [4.69, 9.17) is 0 Å². The van der Waals surface area contributed by atoms with Gasteiger partial charge in [-0.25, -0.2) is 0 Å². The monoisotopic (exact) mass is 636 g/mol. The summed E-state index contributed by atoms with van der Waals surface area (Å²) in [4.78, 5) is 5.12. The summed E-state index contributed by atoms with van der Waals surface area (Å²) in [7, 11) is 0. The number of hydrogen-bond acceptors (Lipinski definition) is 3. The van der Waals surface area contributed by atoms with Crippen LogP contribution in [0.15, 0.2) is 143 Å². The van der Waals surface area contributed by atoms with Gasteiger partial charge >= 0.3 is 0 Å². The van der Waals surface area contributed by atoms with Crippen LogP contribution >= 0.6 is 11.8 Å². The van der Waals surface area contributed by atoms with Gasteiger partial charge < -0.3 is 4.90 Å². The Kier molecular flexibility index (Phi) is 6.40. The molecule has 1 aliphatic heterocycles. The second-order valence-corrected chi connectivity index (χ2v) is 15.6. The molecule has 0 radical (unpaired) electrons. The zero-order chi connectivity index (χ0) is 31.8. The van der Waals surface area contributed by atoms with Crippen LogP contribution in [0.5, 0.6) is 0 Å². The molecule has 11 rings (SSSR count). The van der Waals surface area contributed by atoms with Gasteiger partial charge in [0.05, 0.1) is 23.0 Å². The summed E-state index contributed by atoms with van der Waals surface area (Å²) in [6.45, 7) is 0. The van der Waals surface area contributed by atoms with E-state index in [1.165, 1.54) is 80.9 Å². The predicted octanol–water partition coefficient (Wildman–Crippen LogP) is 12.1. The van der Waals surface area contributed by atoms with Gasteiger partial charge in [-0.3, -0.25) is 0 Å². The standard InChI is InChI=1S/C45H36N2S/c46-28-29-7-6-8-32(20-29)33-13-14-35-26-36(16-15-34(35)25-33)45(38-21-30-19-31(23-38)24-39(45)22-30)37-17-18-42-44(27-37)48-43-12-5-4-11-41(43)47(42)40-9-2-1-3-10-40/h1-18,20,25-27,30-31,38-39H,19,21-24H2. The Balaban J connectivity index is 1.12. The van der Waals surface area contributed by atoms with E-state index in [2.05, 4.69) is 126 Å². The van der Waals surface area contributed by atoms with Gasteiger partial charge in [0.15, 0.2) is 0 Å². The number of hydrogen-bond donors (Lipinski definition) is 0. The fraction of sp³-hybridized carbons (Fsp3) is 0.222. The molecule has 6 aromatic rings. The van der Waals surface area contributed by atoms with E-state index in [0.29, 0.717) is 17.4 Å². The third-order valence-electron chi connectivity index (χ3n) is 12.1. The van der Waals surface area contributed by atoms with Crippen molar-refractivity contribution in [3.8, 4) is 17.2 Å². The Morgan fingerprint density at radius 2 is 1.23 bits per heavy atom. The first kappa shape index (κ1) is 28.3. The summed E-state index contributed by atoms with van der Waals surface area (Å²) in [5.41, 5.74) is 9.73. The third kappa shape index (κ3) is 4.25. The van der Waals surface area contributed by atoms with Crippen molar-refractivity contribution < 1.29 is 0 Å². The summed E-state index contributed by atoms with van der Waals surface area (Å²) in [6.07, 6.45) is 6.84. The van der Waals surface area contributed by atoms with Crippen LogP contribution in [0.3, 0.4) is 0 Å². The summed E-state index contributed by atoms with van der Waals surface area (Å²) in [5, 5.41) is 12.0. The largest absolute Gasteiger partial charge is 0.308 e. The molecule has 4 aliphatic carbocycles. The summed E-state index contributed by atoms with van der Waals surface area (Å²) in [5.74, 6) is 3.12. The quantitative estimate of drug-likeness (QED) is 0.192. The van der Waals surface area contributed by atoms with Gasteiger partial charge in [-0.05, 0) is 143 Å². The second-order valence-electron chi connectivity index (χ2n) is 14.6. The molecule has 48 heavy (non-hydrogen) atoms. The SMILES string of the molecule is N#Cc1cccc(-c2ccc3cc(C4(c5ccc6c(c5)Sc5ccccc5N6c5ccccc5)C5CC6CC(C5)CC4C6)ccc3c2)c1. The number of rotatable bonds is 4. The van der Waals surface area contributed by atoms with Gasteiger partial charge in [-0.15, -0.1) is 0 Å². The molecule has 3 heteroatoms. The minimum Gasteiger partial charge on any atom is -0.308 e. The molecule has 4 fully saturated rings. The number of nitriles is 1. The smallest absolute Gasteiger partial charge is 0.0991 e. The summed E-state index contributed by atoms with van der Waals surface area (Å²) < 4.78 is 0. The maximum atomic E-state index is 9.46. The van der Waals surface area contributed by atoms with Crippen molar-refractivity contribution in [3.05, 3.63) is 150 Å². The maximum absolute atomic E-state index is 9.46. The highest BCUT2D eigenvalue weighted by Crippen LogP contribution is 2.66. The Labute approximate surface area is 287 Å². The number of anilines is 3. The highest BCUT2D eigenvalue weighted by Gasteiger charge is 2.58. The van der Waals surface area contributed by atoms with Gasteiger partial charge in [0.25, 0.3) is 0 Å². The number of para-hydroxylation sites is 2. The number of fused-ring (bicyclic) bond motifs is 3. The molecule has 0 aromatic heterocycles. The van der Waals surface area contributed by atoms with E-state index in [1.807, 2.05) is 30.0 Å². The Hall–Kier alpha value is -4.78. The van der Waals surface area contributed by atoms with Crippen molar-refractivity contribution in [2.24, 2.45) is 23.7 Å². The Bertz CT molecular complexity index is 2240. The summed E-state index contributed by atoms with van der Waals surface area (Å²) >= 11 is 1.93. The number of nitrogens with zero attached hydrogens (tertiary/aromatic N) is 2. The van der Waals surface area contributed by atoms with Crippen molar-refractivity contribution in [1.29, 1.82) is 5.26 Å². The highest BCUT2D eigenvalue weighted by molar-refractivity contribution is 7.99. The normalized spacial score (nSPS) is 25.0. The molecule has 4 bridgehead atoms. The van der Waals surface area contributed by atoms with E-state index < -0.39 is 0 Å². The minimum atomic E-state index is 0.0194. The van der Waals surface area contributed by atoms with Crippen molar-refractivity contribution >= 4 is 39.6 Å². The molecule has 4 saturated carbocycles. The summed E-state index contributed by atoms with van der Waals surface area (Å²) in [6, 6.07) is 51.7. The van der Waals surface area contributed by atoms with E-state index in [0.717, 1.165) is 23.0 Å². The molecule has 0 unspecified atom stereocenters. The lowest BCUT2D eigenvalue weighted by molar-refractivity contribution is -0.0418. The Morgan fingerprint density at radius 1 is 0.562 bits per heavy atom. The first-order chi connectivity index (χ1) is 23.7. The lowest BCUT2D eigenvalue weighted by Crippen LogP contribution is -2.56. The van der Waals surface area contributed by atoms with Gasteiger partial charge in [0, 0.05) is 20.9 Å². The van der Waals surface area contributed by atoms with Crippen LogP contribution in [0.25, 0.3) is 21.9 Å². The molecular formula is C45H36N2S. The maximum Gasteiger partial charge on any atom is 0.0991 e. The van der Waals surface area contributed by atoms with Crippen LogP contribution in [-0.4, -0.2) is 0 Å². The molecular weight excluding hydrogens is 601 g/mol. The molecule has 0 atom stereocenters. The van der Waals surface area contributed by atoms with E-state index >= 15 is 0 Å². The first-order valence-electron chi connectivity index (χ1n) is 17.5. The van der Waals surface area contributed by atoms with Gasteiger partial charge in [-0.2, -0.15) is 5.26 Å². The van der Waals surface area contributed by atoms with Crippen LogP contribution in [0, 0.1) is 35.0 Å². The molecule has 6 aromatic carbocycles. The molecule has 5 aliphatic rings.